The van der Waals surface area contributed by atoms with Gasteiger partial charge in [0.15, 0.2) is 5.69 Å². The molecule has 2 aromatic heterocycles. The monoisotopic (exact) mass is 222 g/mol. The van der Waals surface area contributed by atoms with E-state index in [2.05, 4.69) is 4.98 Å². The number of hydrogen-bond acceptors (Lipinski definition) is 5. The Morgan fingerprint density at radius 1 is 1.56 bits per heavy atom. The molecule has 2 rings (SSSR count). The fraction of sp³-hybridized carbons (Fsp3) is 0.200. The molecule has 0 radical (unpaired) electrons. The molecule has 0 amide bonds. The molecule has 0 fully saturated rings. The lowest BCUT2D eigenvalue weighted by atomic mass is 10.3. The lowest BCUT2D eigenvalue weighted by molar-refractivity contribution is 0.0690. The molecule has 0 aliphatic heterocycles. The zero-order valence-corrected chi connectivity index (χ0v) is 8.58. The molecule has 0 aromatic carbocycles. The van der Waals surface area contributed by atoms with Crippen molar-refractivity contribution in [2.75, 3.05) is 11.9 Å². The zero-order valence-electron chi connectivity index (χ0n) is 8.58. The SMILES string of the molecule is CN(Cc1ccoc1)c1nc(C(=O)O)co1. The van der Waals surface area contributed by atoms with Gasteiger partial charge in [0.05, 0.1) is 19.1 Å². The summed E-state index contributed by atoms with van der Waals surface area (Å²) >= 11 is 0. The number of aromatic nitrogens is 1. The molecule has 0 aliphatic carbocycles. The van der Waals surface area contributed by atoms with Crippen LogP contribution in [0.2, 0.25) is 0 Å². The number of rotatable bonds is 4. The van der Waals surface area contributed by atoms with Gasteiger partial charge in [-0.25, -0.2) is 4.79 Å². The third-order valence-electron chi connectivity index (χ3n) is 2.04. The Kier molecular flexibility index (Phi) is 2.63. The Morgan fingerprint density at radius 2 is 2.38 bits per heavy atom. The van der Waals surface area contributed by atoms with Crippen LogP contribution in [-0.2, 0) is 6.54 Å². The number of aromatic carboxylic acids is 1. The average Bonchev–Trinajstić information content (AvgIpc) is 2.86. The van der Waals surface area contributed by atoms with Gasteiger partial charge in [-0.1, -0.05) is 0 Å². The first-order valence-electron chi connectivity index (χ1n) is 4.58. The minimum absolute atomic E-state index is 0.103. The summed E-state index contributed by atoms with van der Waals surface area (Å²) in [5.41, 5.74) is 0.853. The lowest BCUT2D eigenvalue weighted by Crippen LogP contribution is -2.16. The topological polar surface area (TPSA) is 79.7 Å². The second-order valence-corrected chi connectivity index (χ2v) is 3.31. The number of hydrogen-bond donors (Lipinski definition) is 1. The second kappa shape index (κ2) is 4.09. The predicted molar refractivity (Wildman–Crippen MR) is 54.3 cm³/mol. The standard InChI is InChI=1S/C10H10N2O4/c1-12(4-7-2-3-15-5-7)10-11-8(6-16-10)9(13)14/h2-3,5-6H,4H2,1H3,(H,13,14). The number of carboxylic acid groups (broad SMARTS) is 1. The Labute approximate surface area is 91.1 Å². The fourth-order valence-electron chi connectivity index (χ4n) is 1.26. The number of oxazole rings is 1. The van der Waals surface area contributed by atoms with E-state index in [1.165, 1.54) is 0 Å². The molecule has 2 heterocycles. The molecule has 0 spiro atoms. The van der Waals surface area contributed by atoms with Crippen LogP contribution in [0.4, 0.5) is 6.01 Å². The van der Waals surface area contributed by atoms with Gasteiger partial charge < -0.3 is 18.8 Å². The van der Waals surface area contributed by atoms with Gasteiger partial charge in [-0.05, 0) is 6.07 Å². The van der Waals surface area contributed by atoms with Crippen LogP contribution in [0.3, 0.4) is 0 Å². The summed E-state index contributed by atoms with van der Waals surface area (Å²) in [7, 11) is 1.75. The van der Waals surface area contributed by atoms with Gasteiger partial charge in [-0.3, -0.25) is 0 Å². The smallest absolute Gasteiger partial charge is 0.357 e. The van der Waals surface area contributed by atoms with Crippen molar-refractivity contribution in [2.24, 2.45) is 0 Å². The molecule has 6 heteroatoms. The van der Waals surface area contributed by atoms with Crippen molar-refractivity contribution in [3.05, 3.63) is 36.1 Å². The highest BCUT2D eigenvalue weighted by Crippen LogP contribution is 2.15. The molecular weight excluding hydrogens is 212 g/mol. The van der Waals surface area contributed by atoms with E-state index in [0.717, 1.165) is 11.8 Å². The number of carboxylic acids is 1. The number of carbonyl (C=O) groups is 1. The van der Waals surface area contributed by atoms with Crippen molar-refractivity contribution >= 4 is 12.0 Å². The van der Waals surface area contributed by atoms with E-state index in [1.54, 1.807) is 24.5 Å². The van der Waals surface area contributed by atoms with Crippen LogP contribution in [0, 0.1) is 0 Å². The average molecular weight is 222 g/mol. The van der Waals surface area contributed by atoms with Crippen molar-refractivity contribution in [2.45, 2.75) is 6.54 Å². The maximum atomic E-state index is 10.6. The molecule has 6 nitrogen and oxygen atoms in total. The Morgan fingerprint density at radius 3 is 2.94 bits per heavy atom. The van der Waals surface area contributed by atoms with Crippen LogP contribution in [0.5, 0.6) is 0 Å². The summed E-state index contributed by atoms with van der Waals surface area (Å²) in [6.07, 6.45) is 4.29. The summed E-state index contributed by atoms with van der Waals surface area (Å²) in [4.78, 5) is 16.1. The summed E-state index contributed by atoms with van der Waals surface area (Å²) in [5, 5.41) is 8.68. The summed E-state index contributed by atoms with van der Waals surface area (Å²) in [6.45, 7) is 0.538. The molecule has 0 unspecified atom stereocenters. The second-order valence-electron chi connectivity index (χ2n) is 3.31. The highest BCUT2D eigenvalue weighted by molar-refractivity contribution is 5.85. The highest BCUT2D eigenvalue weighted by atomic mass is 16.4. The normalized spacial score (nSPS) is 10.3. The van der Waals surface area contributed by atoms with Crippen LogP contribution in [-0.4, -0.2) is 23.1 Å². The quantitative estimate of drug-likeness (QED) is 0.846. The van der Waals surface area contributed by atoms with Crippen LogP contribution < -0.4 is 4.90 Å². The number of nitrogens with zero attached hydrogens (tertiary/aromatic N) is 2. The van der Waals surface area contributed by atoms with Crippen molar-refractivity contribution in [1.29, 1.82) is 0 Å². The minimum Gasteiger partial charge on any atom is -0.476 e. The third kappa shape index (κ3) is 2.05. The van der Waals surface area contributed by atoms with E-state index in [1.807, 2.05) is 6.07 Å². The van der Waals surface area contributed by atoms with Gasteiger partial charge in [-0.2, -0.15) is 4.98 Å². The summed E-state index contributed by atoms with van der Waals surface area (Å²) in [5.74, 6) is -1.10. The Hall–Kier alpha value is -2.24. The minimum atomic E-state index is -1.10. The Bertz CT molecular complexity index is 475. The first-order valence-corrected chi connectivity index (χ1v) is 4.58. The van der Waals surface area contributed by atoms with Crippen LogP contribution in [0.25, 0.3) is 0 Å². The van der Waals surface area contributed by atoms with E-state index in [9.17, 15) is 4.79 Å². The highest BCUT2D eigenvalue weighted by Gasteiger charge is 2.13. The molecule has 16 heavy (non-hydrogen) atoms. The fourth-order valence-corrected chi connectivity index (χ4v) is 1.26. The zero-order chi connectivity index (χ0) is 11.5. The van der Waals surface area contributed by atoms with Gasteiger partial charge in [0.25, 0.3) is 6.01 Å². The molecular formula is C10H10N2O4. The molecule has 84 valence electrons. The molecule has 2 aromatic rings. The largest absolute Gasteiger partial charge is 0.476 e. The van der Waals surface area contributed by atoms with Gasteiger partial charge >= 0.3 is 5.97 Å². The van der Waals surface area contributed by atoms with Gasteiger partial charge in [0.1, 0.15) is 6.26 Å². The third-order valence-corrected chi connectivity index (χ3v) is 2.04. The van der Waals surface area contributed by atoms with Crippen LogP contribution in [0.1, 0.15) is 16.1 Å². The van der Waals surface area contributed by atoms with E-state index >= 15 is 0 Å². The van der Waals surface area contributed by atoms with Crippen molar-refractivity contribution in [3.8, 4) is 0 Å². The van der Waals surface area contributed by atoms with E-state index < -0.39 is 5.97 Å². The predicted octanol–water partition coefficient (Wildman–Crippen LogP) is 1.60. The Balaban J connectivity index is 2.08. The molecule has 0 atom stereocenters. The molecule has 0 saturated carbocycles. The first kappa shape index (κ1) is 10.3. The van der Waals surface area contributed by atoms with Crippen molar-refractivity contribution in [3.63, 3.8) is 0 Å². The van der Waals surface area contributed by atoms with E-state index in [4.69, 9.17) is 13.9 Å². The van der Waals surface area contributed by atoms with Crippen LogP contribution >= 0.6 is 0 Å². The summed E-state index contributed by atoms with van der Waals surface area (Å²) < 4.78 is 9.96. The van der Waals surface area contributed by atoms with Crippen LogP contribution in [0.15, 0.2) is 33.7 Å². The first-order chi connectivity index (χ1) is 7.66. The van der Waals surface area contributed by atoms with Gasteiger partial charge in [0.2, 0.25) is 0 Å². The van der Waals surface area contributed by atoms with Crippen molar-refractivity contribution in [1.82, 2.24) is 4.98 Å². The lowest BCUT2D eigenvalue weighted by Gasteiger charge is -2.12. The van der Waals surface area contributed by atoms with Gasteiger partial charge in [0, 0.05) is 12.6 Å². The molecule has 0 saturated heterocycles. The maximum Gasteiger partial charge on any atom is 0.357 e. The number of furan rings is 1. The summed E-state index contributed by atoms with van der Waals surface area (Å²) in [6, 6.07) is 2.08. The van der Waals surface area contributed by atoms with Crippen molar-refractivity contribution < 1.29 is 18.7 Å². The van der Waals surface area contributed by atoms with E-state index in [0.29, 0.717) is 6.54 Å². The van der Waals surface area contributed by atoms with Gasteiger partial charge in [-0.15, -0.1) is 0 Å². The molecule has 0 aliphatic rings. The maximum absolute atomic E-state index is 10.6. The van der Waals surface area contributed by atoms with E-state index in [-0.39, 0.29) is 11.7 Å². The molecule has 0 bridgehead atoms. The molecule has 1 N–H and O–H groups in total. The number of anilines is 1.